The maximum atomic E-state index is 12.9. The zero-order chi connectivity index (χ0) is 18.4. The van der Waals surface area contributed by atoms with Gasteiger partial charge >= 0.3 is 0 Å². The molecule has 1 spiro atoms. The minimum Gasteiger partial charge on any atom is -0.381 e. The van der Waals surface area contributed by atoms with Crippen LogP contribution in [-0.2, 0) is 4.74 Å². The van der Waals surface area contributed by atoms with E-state index in [2.05, 4.69) is 16.9 Å². The molecule has 0 unspecified atom stereocenters. The van der Waals surface area contributed by atoms with Gasteiger partial charge < -0.3 is 14.6 Å². The fourth-order valence-electron chi connectivity index (χ4n) is 4.77. The lowest BCUT2D eigenvalue weighted by atomic mass is 9.75. The minimum absolute atomic E-state index is 0.123. The second-order valence-electron chi connectivity index (χ2n) is 8.92. The van der Waals surface area contributed by atoms with Crippen molar-refractivity contribution in [3.63, 3.8) is 0 Å². The van der Waals surface area contributed by atoms with Crippen LogP contribution in [0.1, 0.15) is 36.2 Å². The smallest absolute Gasteiger partial charge is 0.270 e. The van der Waals surface area contributed by atoms with Crippen LogP contribution in [-0.4, -0.2) is 66.1 Å². The monoisotopic (exact) mass is 367 g/mol. The summed E-state index contributed by atoms with van der Waals surface area (Å²) in [6.45, 7) is 4.60. The van der Waals surface area contributed by atoms with Crippen LogP contribution in [0.15, 0.2) is 30.3 Å². The van der Waals surface area contributed by atoms with Crippen LogP contribution in [0.25, 0.3) is 10.9 Å². The number of carbonyl (C=O) groups is 1. The Hall–Kier alpha value is -1.85. The molecule has 1 N–H and O–H groups in total. The molecule has 1 atom stereocenters. The molecule has 3 fully saturated rings. The molecule has 2 saturated heterocycles. The van der Waals surface area contributed by atoms with Crippen molar-refractivity contribution in [1.29, 1.82) is 0 Å². The highest BCUT2D eigenvalue weighted by atomic mass is 16.5. The maximum absolute atomic E-state index is 12.9. The molecule has 0 bridgehead atoms. The van der Waals surface area contributed by atoms with Crippen LogP contribution in [0.2, 0.25) is 0 Å². The van der Waals surface area contributed by atoms with Gasteiger partial charge in [0, 0.05) is 37.2 Å². The van der Waals surface area contributed by atoms with E-state index in [1.54, 1.807) is 0 Å². The predicted octanol–water partition coefficient (Wildman–Crippen LogP) is 3.13. The number of nitrogens with one attached hydrogen (secondary N) is 1. The molecule has 3 heterocycles. The number of likely N-dealkylation sites (tertiary alicyclic amines) is 2. The van der Waals surface area contributed by atoms with Crippen molar-refractivity contribution >= 4 is 16.8 Å². The number of para-hydroxylation sites is 1. The van der Waals surface area contributed by atoms with Crippen molar-refractivity contribution in [3.8, 4) is 0 Å². The molecule has 1 saturated carbocycles. The second-order valence-corrected chi connectivity index (χ2v) is 8.92. The molecule has 5 rings (SSSR count). The second kappa shape index (κ2) is 6.64. The van der Waals surface area contributed by atoms with Crippen molar-refractivity contribution in [1.82, 2.24) is 14.8 Å². The summed E-state index contributed by atoms with van der Waals surface area (Å²) in [5, 5.41) is 1.10. The fourth-order valence-corrected chi connectivity index (χ4v) is 4.77. The highest BCUT2D eigenvalue weighted by Crippen LogP contribution is 2.39. The summed E-state index contributed by atoms with van der Waals surface area (Å²) in [5.74, 6) is 1.58. The number of hydrogen-bond donors (Lipinski definition) is 1. The summed E-state index contributed by atoms with van der Waals surface area (Å²) in [7, 11) is 2.21. The number of likely N-dealkylation sites (N-methyl/N-ethyl adjacent to an activating group) is 1. The van der Waals surface area contributed by atoms with Gasteiger partial charge in [-0.1, -0.05) is 18.2 Å². The Bertz CT molecular complexity index is 802. The van der Waals surface area contributed by atoms with Crippen LogP contribution >= 0.6 is 0 Å². The lowest BCUT2D eigenvalue weighted by Gasteiger charge is -2.58. The van der Waals surface area contributed by atoms with Gasteiger partial charge in [-0.3, -0.25) is 9.69 Å². The number of fused-ring (bicyclic) bond motifs is 1. The zero-order valence-electron chi connectivity index (χ0n) is 16.1. The first-order valence-electron chi connectivity index (χ1n) is 10.3. The van der Waals surface area contributed by atoms with E-state index in [0.717, 1.165) is 56.1 Å². The van der Waals surface area contributed by atoms with E-state index in [-0.39, 0.29) is 11.4 Å². The van der Waals surface area contributed by atoms with Crippen molar-refractivity contribution in [2.75, 3.05) is 39.9 Å². The van der Waals surface area contributed by atoms with Crippen molar-refractivity contribution < 1.29 is 9.53 Å². The molecule has 5 nitrogen and oxygen atoms in total. The van der Waals surface area contributed by atoms with E-state index in [1.165, 1.54) is 19.3 Å². The first-order valence-corrected chi connectivity index (χ1v) is 10.3. The molecule has 1 aliphatic carbocycles. The molecular weight excluding hydrogens is 338 g/mol. The van der Waals surface area contributed by atoms with E-state index in [9.17, 15) is 4.79 Å². The van der Waals surface area contributed by atoms with Gasteiger partial charge in [0.25, 0.3) is 5.91 Å². The lowest BCUT2D eigenvalue weighted by molar-refractivity contribution is -0.0762. The zero-order valence-corrected chi connectivity index (χ0v) is 16.1. The molecule has 3 aliphatic rings. The third-order valence-electron chi connectivity index (χ3n) is 6.77. The average molecular weight is 367 g/mol. The van der Waals surface area contributed by atoms with Crippen LogP contribution in [0.5, 0.6) is 0 Å². The molecule has 1 aromatic heterocycles. The SMILES string of the molecule is CN1CC[C@H](COCC2CC2)CC12CN(C(=O)c1cc3ccccc3[nH]1)C2. The van der Waals surface area contributed by atoms with E-state index >= 15 is 0 Å². The van der Waals surface area contributed by atoms with Crippen LogP contribution in [0.3, 0.4) is 0 Å². The number of rotatable bonds is 5. The number of aromatic nitrogens is 1. The molecule has 2 aliphatic heterocycles. The summed E-state index contributed by atoms with van der Waals surface area (Å²) in [4.78, 5) is 20.7. The molecule has 0 radical (unpaired) electrons. The van der Waals surface area contributed by atoms with Gasteiger partial charge in [0.15, 0.2) is 0 Å². The number of H-pyrrole nitrogens is 1. The molecule has 27 heavy (non-hydrogen) atoms. The highest BCUT2D eigenvalue weighted by Gasteiger charge is 2.51. The lowest BCUT2D eigenvalue weighted by Crippen LogP contribution is -2.72. The van der Waals surface area contributed by atoms with E-state index in [4.69, 9.17) is 4.74 Å². The number of piperidine rings is 1. The van der Waals surface area contributed by atoms with Gasteiger partial charge in [-0.25, -0.2) is 0 Å². The standard InChI is InChI=1S/C22H29N3O2/c1-24-9-8-17(13-27-12-16-6-7-16)11-22(24)14-25(15-22)21(26)20-10-18-4-2-3-5-19(18)23-20/h2-5,10,16-17,23H,6-9,11-15H2,1H3/t17-/m0/s1. The maximum Gasteiger partial charge on any atom is 0.270 e. The average Bonchev–Trinajstić information content (AvgIpc) is 3.36. The Morgan fingerprint density at radius 3 is 2.74 bits per heavy atom. The normalized spacial score (nSPS) is 25.1. The third kappa shape index (κ3) is 3.27. The first-order chi connectivity index (χ1) is 13.1. The summed E-state index contributed by atoms with van der Waals surface area (Å²) in [6.07, 6.45) is 5.05. The molecule has 1 aromatic carbocycles. The predicted molar refractivity (Wildman–Crippen MR) is 106 cm³/mol. The Morgan fingerprint density at radius 2 is 1.96 bits per heavy atom. The van der Waals surface area contributed by atoms with Gasteiger partial charge in [0.2, 0.25) is 0 Å². The number of amides is 1. The van der Waals surface area contributed by atoms with E-state index in [1.807, 2.05) is 35.2 Å². The molecular formula is C22H29N3O2. The Kier molecular flexibility index (Phi) is 4.25. The number of aromatic amines is 1. The molecule has 5 heteroatoms. The fraction of sp³-hybridized carbons (Fsp3) is 0.591. The van der Waals surface area contributed by atoms with Crippen LogP contribution < -0.4 is 0 Å². The largest absolute Gasteiger partial charge is 0.381 e. The molecule has 2 aromatic rings. The Morgan fingerprint density at radius 1 is 1.19 bits per heavy atom. The van der Waals surface area contributed by atoms with Crippen molar-refractivity contribution in [2.24, 2.45) is 11.8 Å². The summed E-state index contributed by atoms with van der Waals surface area (Å²) in [6, 6.07) is 10.0. The minimum atomic E-state index is 0.123. The summed E-state index contributed by atoms with van der Waals surface area (Å²) in [5.41, 5.74) is 1.88. The first kappa shape index (κ1) is 17.3. The van der Waals surface area contributed by atoms with Gasteiger partial charge in [-0.05, 0) is 63.2 Å². The number of hydrogen-bond acceptors (Lipinski definition) is 3. The van der Waals surface area contributed by atoms with E-state index in [0.29, 0.717) is 11.6 Å². The van der Waals surface area contributed by atoms with E-state index < -0.39 is 0 Å². The van der Waals surface area contributed by atoms with Crippen molar-refractivity contribution in [3.05, 3.63) is 36.0 Å². The van der Waals surface area contributed by atoms with Gasteiger partial charge in [-0.15, -0.1) is 0 Å². The quantitative estimate of drug-likeness (QED) is 0.883. The van der Waals surface area contributed by atoms with Crippen LogP contribution in [0.4, 0.5) is 0 Å². The summed E-state index contributed by atoms with van der Waals surface area (Å²) >= 11 is 0. The number of nitrogens with zero attached hydrogens (tertiary/aromatic N) is 2. The number of benzene rings is 1. The van der Waals surface area contributed by atoms with Gasteiger partial charge in [0.1, 0.15) is 5.69 Å². The third-order valence-corrected chi connectivity index (χ3v) is 6.77. The molecule has 1 amide bonds. The summed E-state index contributed by atoms with van der Waals surface area (Å²) < 4.78 is 5.97. The topological polar surface area (TPSA) is 48.6 Å². The Balaban J connectivity index is 1.21. The van der Waals surface area contributed by atoms with Gasteiger partial charge in [0.05, 0.1) is 5.54 Å². The Labute approximate surface area is 160 Å². The highest BCUT2D eigenvalue weighted by molar-refractivity contribution is 5.98. The van der Waals surface area contributed by atoms with Crippen LogP contribution in [0, 0.1) is 11.8 Å². The number of ether oxygens (including phenoxy) is 1. The van der Waals surface area contributed by atoms with Crippen molar-refractivity contribution in [2.45, 2.75) is 31.2 Å². The molecule has 144 valence electrons. The number of carbonyl (C=O) groups excluding carboxylic acids is 1. The van der Waals surface area contributed by atoms with Gasteiger partial charge in [-0.2, -0.15) is 0 Å².